The van der Waals surface area contributed by atoms with E-state index in [0.29, 0.717) is 12.0 Å². The van der Waals surface area contributed by atoms with Crippen LogP contribution in [-0.4, -0.2) is 16.9 Å². The van der Waals surface area contributed by atoms with Crippen LogP contribution in [0.5, 0.6) is 0 Å². The highest BCUT2D eigenvalue weighted by Gasteiger charge is 2.48. The van der Waals surface area contributed by atoms with Crippen molar-refractivity contribution in [3.05, 3.63) is 34.3 Å². The number of Topliss-reactive ketones (excluding diaryl/α,β-unsaturated/α-hetero) is 1. The zero-order chi connectivity index (χ0) is 11.0. The van der Waals surface area contributed by atoms with Crippen LogP contribution in [0.3, 0.4) is 0 Å². The fraction of sp³-hybridized carbons (Fsp3) is 0.273. The van der Waals surface area contributed by atoms with Crippen LogP contribution in [0.15, 0.2) is 28.7 Å². The molecule has 15 heavy (non-hydrogen) atoms. The molecule has 0 aliphatic heterocycles. The monoisotopic (exact) mass is 268 g/mol. The van der Waals surface area contributed by atoms with E-state index < -0.39 is 11.9 Å². The number of benzene rings is 1. The molecule has 1 N–H and O–H groups in total. The van der Waals surface area contributed by atoms with Crippen LogP contribution in [0.2, 0.25) is 0 Å². The third-order valence-corrected chi connectivity index (χ3v) is 3.10. The number of carboxylic acid groups (broad SMARTS) is 1. The molecule has 2 unspecified atom stereocenters. The van der Waals surface area contributed by atoms with Crippen molar-refractivity contribution in [2.45, 2.75) is 6.42 Å². The van der Waals surface area contributed by atoms with E-state index in [9.17, 15) is 9.59 Å². The van der Waals surface area contributed by atoms with E-state index in [2.05, 4.69) is 15.9 Å². The molecule has 0 heterocycles. The molecule has 1 aromatic rings. The molecule has 1 aromatic carbocycles. The number of hydrogen-bond donors (Lipinski definition) is 1. The first-order valence-electron chi connectivity index (χ1n) is 4.62. The lowest BCUT2D eigenvalue weighted by molar-refractivity contribution is -0.138. The van der Waals surface area contributed by atoms with Gasteiger partial charge in [-0.3, -0.25) is 9.59 Å². The van der Waals surface area contributed by atoms with E-state index >= 15 is 0 Å². The maximum atomic E-state index is 11.8. The van der Waals surface area contributed by atoms with Crippen molar-refractivity contribution in [3.63, 3.8) is 0 Å². The summed E-state index contributed by atoms with van der Waals surface area (Å²) in [6.45, 7) is 0. The summed E-state index contributed by atoms with van der Waals surface area (Å²) in [5.74, 6) is -1.72. The number of halogens is 1. The van der Waals surface area contributed by atoms with Crippen molar-refractivity contribution >= 4 is 27.7 Å². The third-order valence-electron chi connectivity index (χ3n) is 2.57. The predicted octanol–water partition coefficient (Wildman–Crippen LogP) is 2.35. The van der Waals surface area contributed by atoms with E-state index in [1.165, 1.54) is 0 Å². The van der Waals surface area contributed by atoms with Crippen LogP contribution in [0.1, 0.15) is 16.8 Å². The summed E-state index contributed by atoms with van der Waals surface area (Å²) >= 11 is 3.28. The molecule has 0 bridgehead atoms. The first kappa shape index (κ1) is 10.4. The summed E-state index contributed by atoms with van der Waals surface area (Å²) in [5, 5.41) is 8.70. The zero-order valence-electron chi connectivity index (χ0n) is 7.81. The molecule has 0 spiro atoms. The number of carbonyl (C=O) groups is 2. The first-order valence-corrected chi connectivity index (χ1v) is 5.41. The Balaban J connectivity index is 2.10. The van der Waals surface area contributed by atoms with Crippen LogP contribution in [0.25, 0.3) is 0 Å². The summed E-state index contributed by atoms with van der Waals surface area (Å²) in [5.41, 5.74) is 0.590. The van der Waals surface area contributed by atoms with Gasteiger partial charge in [0.05, 0.1) is 5.92 Å². The Labute approximate surface area is 95.2 Å². The van der Waals surface area contributed by atoms with Gasteiger partial charge in [0, 0.05) is 16.0 Å². The van der Waals surface area contributed by atoms with Crippen LogP contribution in [-0.2, 0) is 4.79 Å². The molecule has 0 aromatic heterocycles. The SMILES string of the molecule is O=C(O)C1CC1C(=O)c1ccc(Br)cc1. The van der Waals surface area contributed by atoms with E-state index in [1.54, 1.807) is 24.3 Å². The van der Waals surface area contributed by atoms with Gasteiger partial charge in [-0.2, -0.15) is 0 Å². The molecule has 4 heteroatoms. The van der Waals surface area contributed by atoms with Crippen molar-refractivity contribution < 1.29 is 14.7 Å². The summed E-state index contributed by atoms with van der Waals surface area (Å²) in [6, 6.07) is 6.99. The van der Waals surface area contributed by atoms with E-state index in [-0.39, 0.29) is 11.7 Å². The molecule has 1 aliphatic rings. The van der Waals surface area contributed by atoms with Gasteiger partial charge in [0.2, 0.25) is 0 Å². The van der Waals surface area contributed by atoms with Crippen LogP contribution < -0.4 is 0 Å². The minimum atomic E-state index is -0.870. The lowest BCUT2D eigenvalue weighted by Gasteiger charge is -1.98. The second-order valence-electron chi connectivity index (χ2n) is 3.66. The number of rotatable bonds is 3. The zero-order valence-corrected chi connectivity index (χ0v) is 9.40. The van der Waals surface area contributed by atoms with Gasteiger partial charge in [-0.05, 0) is 18.6 Å². The van der Waals surface area contributed by atoms with Gasteiger partial charge >= 0.3 is 5.97 Å². The molecule has 1 fully saturated rings. The van der Waals surface area contributed by atoms with Crippen LogP contribution in [0, 0.1) is 11.8 Å². The van der Waals surface area contributed by atoms with Crippen LogP contribution >= 0.6 is 15.9 Å². The smallest absolute Gasteiger partial charge is 0.307 e. The van der Waals surface area contributed by atoms with Gasteiger partial charge < -0.3 is 5.11 Å². The van der Waals surface area contributed by atoms with E-state index in [0.717, 1.165) is 4.47 Å². The fourth-order valence-corrected chi connectivity index (χ4v) is 1.85. The summed E-state index contributed by atoms with van der Waals surface area (Å²) in [6.07, 6.45) is 0.476. The maximum absolute atomic E-state index is 11.8. The fourth-order valence-electron chi connectivity index (χ4n) is 1.59. The minimum Gasteiger partial charge on any atom is -0.481 e. The molecular weight excluding hydrogens is 260 g/mol. The number of aliphatic carboxylic acids is 1. The standard InChI is InChI=1S/C11H9BrO3/c12-7-3-1-6(2-4-7)10(13)8-5-9(8)11(14)15/h1-4,8-9H,5H2,(H,14,15). The average Bonchev–Trinajstić information content (AvgIpc) is 2.97. The quantitative estimate of drug-likeness (QED) is 0.857. The molecule has 1 saturated carbocycles. The second-order valence-corrected chi connectivity index (χ2v) is 4.57. The van der Waals surface area contributed by atoms with Crippen molar-refractivity contribution in [1.82, 2.24) is 0 Å². The Hall–Kier alpha value is -1.16. The third kappa shape index (κ3) is 2.09. The maximum Gasteiger partial charge on any atom is 0.307 e. The summed E-state index contributed by atoms with van der Waals surface area (Å²) in [7, 11) is 0. The molecule has 2 atom stereocenters. The summed E-state index contributed by atoms with van der Waals surface area (Å²) in [4.78, 5) is 22.4. The summed E-state index contributed by atoms with van der Waals surface area (Å²) < 4.78 is 0.907. The van der Waals surface area contributed by atoms with Crippen molar-refractivity contribution in [1.29, 1.82) is 0 Å². The highest BCUT2D eigenvalue weighted by Crippen LogP contribution is 2.41. The van der Waals surface area contributed by atoms with Gasteiger partial charge in [0.25, 0.3) is 0 Å². The molecule has 0 radical (unpaired) electrons. The molecule has 0 saturated heterocycles. The van der Waals surface area contributed by atoms with Crippen LogP contribution in [0.4, 0.5) is 0 Å². The van der Waals surface area contributed by atoms with Gasteiger partial charge in [0.15, 0.2) is 5.78 Å². The van der Waals surface area contributed by atoms with Gasteiger partial charge in [-0.1, -0.05) is 28.1 Å². The molecule has 3 nitrogen and oxygen atoms in total. The lowest BCUT2D eigenvalue weighted by atomic mass is 10.1. The Bertz CT molecular complexity index is 410. The Morgan fingerprint density at radius 2 is 1.80 bits per heavy atom. The van der Waals surface area contributed by atoms with Crippen molar-refractivity contribution in [3.8, 4) is 0 Å². The highest BCUT2D eigenvalue weighted by molar-refractivity contribution is 9.10. The van der Waals surface area contributed by atoms with Gasteiger partial charge in [-0.15, -0.1) is 0 Å². The number of hydrogen-bond acceptors (Lipinski definition) is 2. The average molecular weight is 269 g/mol. The molecule has 1 aliphatic carbocycles. The van der Waals surface area contributed by atoms with E-state index in [1.807, 2.05) is 0 Å². The topological polar surface area (TPSA) is 54.4 Å². The molecule has 78 valence electrons. The van der Waals surface area contributed by atoms with Crippen molar-refractivity contribution in [2.24, 2.45) is 11.8 Å². The Morgan fingerprint density at radius 1 is 1.20 bits per heavy atom. The second kappa shape index (κ2) is 3.77. The largest absolute Gasteiger partial charge is 0.481 e. The normalized spacial score (nSPS) is 23.5. The van der Waals surface area contributed by atoms with Gasteiger partial charge in [0.1, 0.15) is 0 Å². The minimum absolute atomic E-state index is 0.0603. The van der Waals surface area contributed by atoms with Gasteiger partial charge in [-0.25, -0.2) is 0 Å². The highest BCUT2D eigenvalue weighted by atomic mass is 79.9. The Kier molecular flexibility index (Phi) is 2.61. The number of ketones is 1. The number of carboxylic acids is 1. The predicted molar refractivity (Wildman–Crippen MR) is 57.7 cm³/mol. The molecule has 0 amide bonds. The lowest BCUT2D eigenvalue weighted by Crippen LogP contribution is -2.07. The number of carbonyl (C=O) groups excluding carboxylic acids is 1. The van der Waals surface area contributed by atoms with Crippen molar-refractivity contribution in [2.75, 3.05) is 0 Å². The first-order chi connectivity index (χ1) is 7.09. The van der Waals surface area contributed by atoms with E-state index in [4.69, 9.17) is 5.11 Å². The molecule has 2 rings (SSSR count). The molecular formula is C11H9BrO3. The Morgan fingerprint density at radius 3 is 2.27 bits per heavy atom.